The molecule has 0 aromatic carbocycles. The number of rotatable bonds is 7. The first-order chi connectivity index (χ1) is 15.5. The van der Waals surface area contributed by atoms with E-state index in [1.54, 1.807) is 0 Å². The minimum atomic E-state index is -0.189. The van der Waals surface area contributed by atoms with Gasteiger partial charge < -0.3 is 18.7 Å². The van der Waals surface area contributed by atoms with Crippen LogP contribution in [0.15, 0.2) is 9.05 Å². The third-order valence-electron chi connectivity index (χ3n) is 7.56. The van der Waals surface area contributed by atoms with E-state index in [1.807, 2.05) is 18.7 Å². The van der Waals surface area contributed by atoms with Crippen molar-refractivity contribution in [3.63, 3.8) is 0 Å². The first kappa shape index (κ1) is 21.6. The van der Waals surface area contributed by atoms with E-state index < -0.39 is 0 Å². The summed E-state index contributed by atoms with van der Waals surface area (Å²) in [4.78, 5) is 20.1. The van der Waals surface area contributed by atoms with Crippen LogP contribution in [0.5, 0.6) is 0 Å². The van der Waals surface area contributed by atoms with Crippen LogP contribution in [0.1, 0.15) is 86.0 Å². The molecule has 174 valence electrons. The number of likely N-dealkylation sites (tertiary alicyclic amines) is 1. The molecule has 0 N–H and O–H groups in total. The Morgan fingerprint density at radius 1 is 1.12 bits per heavy atom. The van der Waals surface area contributed by atoms with E-state index in [1.165, 1.54) is 12.8 Å². The van der Waals surface area contributed by atoms with Crippen molar-refractivity contribution in [1.29, 1.82) is 0 Å². The maximum absolute atomic E-state index is 13.2. The molecule has 3 aliphatic rings. The van der Waals surface area contributed by atoms with E-state index in [4.69, 9.17) is 18.8 Å². The Morgan fingerprint density at radius 3 is 2.66 bits per heavy atom. The molecule has 32 heavy (non-hydrogen) atoms. The highest BCUT2D eigenvalue weighted by atomic mass is 16.5. The zero-order valence-corrected chi connectivity index (χ0v) is 19.3. The lowest BCUT2D eigenvalue weighted by Crippen LogP contribution is -2.49. The number of carbonyl (C=O) groups excluding carboxylic acids is 1. The first-order valence-corrected chi connectivity index (χ1v) is 12.2. The van der Waals surface area contributed by atoms with Gasteiger partial charge in [0.15, 0.2) is 5.82 Å². The fraction of sp³-hybridized carbons (Fsp3) is 0.750. The van der Waals surface area contributed by atoms with Gasteiger partial charge in [-0.15, -0.1) is 0 Å². The van der Waals surface area contributed by atoms with Crippen LogP contribution in [0.25, 0.3) is 0 Å². The molecule has 3 fully saturated rings. The van der Waals surface area contributed by atoms with Crippen LogP contribution in [-0.2, 0) is 21.4 Å². The summed E-state index contributed by atoms with van der Waals surface area (Å²) in [7, 11) is 0. The van der Waals surface area contributed by atoms with E-state index in [0.717, 1.165) is 86.5 Å². The number of hydrogen-bond donors (Lipinski definition) is 0. The Bertz CT molecular complexity index is 924. The molecule has 8 heteroatoms. The topological polar surface area (TPSA) is 94.5 Å². The predicted molar refractivity (Wildman–Crippen MR) is 116 cm³/mol. The summed E-state index contributed by atoms with van der Waals surface area (Å²) in [5.41, 5.74) is 1.74. The Hall–Kier alpha value is -2.22. The number of aromatic nitrogens is 3. The summed E-state index contributed by atoms with van der Waals surface area (Å²) in [6.07, 6.45) is 8.60. The van der Waals surface area contributed by atoms with Crippen LogP contribution >= 0.6 is 0 Å². The second kappa shape index (κ2) is 8.96. The predicted octanol–water partition coefficient (Wildman–Crippen LogP) is 3.86. The van der Waals surface area contributed by atoms with Crippen molar-refractivity contribution >= 4 is 5.91 Å². The van der Waals surface area contributed by atoms with E-state index in [2.05, 4.69) is 10.3 Å². The van der Waals surface area contributed by atoms with Gasteiger partial charge >= 0.3 is 0 Å². The SMILES string of the molecule is Cc1noc(C)c1CCC(=O)N1CCCC(CC2CC2)(c2noc(C3CCOCC3)n2)C1. The van der Waals surface area contributed by atoms with Gasteiger partial charge in [-0.3, -0.25) is 4.79 Å². The smallest absolute Gasteiger partial charge is 0.229 e. The monoisotopic (exact) mass is 442 g/mol. The van der Waals surface area contributed by atoms with Crippen LogP contribution in [0.2, 0.25) is 0 Å². The molecular formula is C24H34N4O4. The quantitative estimate of drug-likeness (QED) is 0.642. The lowest BCUT2D eigenvalue weighted by atomic mass is 9.74. The van der Waals surface area contributed by atoms with E-state index in [0.29, 0.717) is 25.3 Å². The molecule has 0 bridgehead atoms. The van der Waals surface area contributed by atoms with Gasteiger partial charge in [0, 0.05) is 44.2 Å². The van der Waals surface area contributed by atoms with Crippen molar-refractivity contribution in [2.45, 2.75) is 83.0 Å². The Morgan fingerprint density at radius 2 is 1.94 bits per heavy atom. The van der Waals surface area contributed by atoms with Gasteiger partial charge in [-0.05, 0) is 58.3 Å². The summed E-state index contributed by atoms with van der Waals surface area (Å²) >= 11 is 0. The molecule has 1 unspecified atom stereocenters. The van der Waals surface area contributed by atoms with Gasteiger partial charge in [0.1, 0.15) is 5.76 Å². The van der Waals surface area contributed by atoms with Crippen LogP contribution in [-0.4, -0.2) is 52.4 Å². The Labute approximate surface area is 189 Å². The number of amides is 1. The second-order valence-electron chi connectivity index (χ2n) is 9.99. The average Bonchev–Trinajstić information content (AvgIpc) is 3.36. The minimum Gasteiger partial charge on any atom is -0.381 e. The highest BCUT2D eigenvalue weighted by Crippen LogP contribution is 2.46. The third-order valence-corrected chi connectivity index (χ3v) is 7.56. The average molecular weight is 443 g/mol. The number of hydrogen-bond acceptors (Lipinski definition) is 7. The summed E-state index contributed by atoms with van der Waals surface area (Å²) < 4.78 is 16.5. The number of aryl methyl sites for hydroxylation is 2. The molecule has 8 nitrogen and oxygen atoms in total. The summed E-state index contributed by atoms with van der Waals surface area (Å²) in [5.74, 6) is 3.58. The highest BCUT2D eigenvalue weighted by molar-refractivity contribution is 5.76. The standard InChI is InChI=1S/C24H34N4O4/c1-16-20(17(2)31-26-16)6-7-21(29)28-11-3-10-24(15-28,14-18-4-5-18)23-25-22(32-27-23)19-8-12-30-13-9-19/h18-19H,3-15H2,1-2H3. The number of nitrogens with zero attached hydrogens (tertiary/aromatic N) is 4. The van der Waals surface area contributed by atoms with Gasteiger partial charge in [0.05, 0.1) is 11.1 Å². The van der Waals surface area contributed by atoms with Crippen molar-refractivity contribution in [1.82, 2.24) is 20.2 Å². The lowest BCUT2D eigenvalue weighted by molar-refractivity contribution is -0.133. The Kier molecular flexibility index (Phi) is 6.05. The minimum absolute atomic E-state index is 0.189. The summed E-state index contributed by atoms with van der Waals surface area (Å²) in [5, 5.41) is 8.50. The molecule has 1 amide bonds. The maximum Gasteiger partial charge on any atom is 0.229 e. The summed E-state index contributed by atoms with van der Waals surface area (Å²) in [6.45, 7) is 6.85. The van der Waals surface area contributed by atoms with Crippen molar-refractivity contribution in [2.75, 3.05) is 26.3 Å². The van der Waals surface area contributed by atoms with Crippen molar-refractivity contribution in [2.24, 2.45) is 5.92 Å². The van der Waals surface area contributed by atoms with Gasteiger partial charge in [-0.1, -0.05) is 23.2 Å². The molecule has 0 radical (unpaired) electrons. The number of carbonyl (C=O) groups is 1. The normalized spacial score (nSPS) is 24.8. The number of piperidine rings is 1. The van der Waals surface area contributed by atoms with Crippen molar-refractivity contribution in [3.8, 4) is 0 Å². The third kappa shape index (κ3) is 4.47. The molecule has 1 aliphatic carbocycles. The highest BCUT2D eigenvalue weighted by Gasteiger charge is 2.46. The summed E-state index contributed by atoms with van der Waals surface area (Å²) in [6, 6.07) is 0. The van der Waals surface area contributed by atoms with Gasteiger partial charge in [-0.25, -0.2) is 0 Å². The molecule has 2 aliphatic heterocycles. The first-order valence-electron chi connectivity index (χ1n) is 12.2. The fourth-order valence-electron chi connectivity index (χ4n) is 5.47. The zero-order valence-electron chi connectivity index (χ0n) is 19.3. The molecule has 2 aromatic rings. The molecule has 0 spiro atoms. The second-order valence-corrected chi connectivity index (χ2v) is 9.99. The number of ether oxygens (including phenoxy) is 1. The maximum atomic E-state index is 13.2. The molecule has 1 atom stereocenters. The fourth-order valence-corrected chi connectivity index (χ4v) is 5.47. The molecule has 2 saturated heterocycles. The van der Waals surface area contributed by atoms with Crippen LogP contribution in [0.4, 0.5) is 0 Å². The molecular weight excluding hydrogens is 408 g/mol. The Balaban J connectivity index is 1.31. The lowest BCUT2D eigenvalue weighted by Gasteiger charge is -2.41. The van der Waals surface area contributed by atoms with Crippen LogP contribution in [0.3, 0.4) is 0 Å². The van der Waals surface area contributed by atoms with Crippen molar-refractivity contribution < 1.29 is 18.6 Å². The molecule has 2 aromatic heterocycles. The van der Waals surface area contributed by atoms with Gasteiger partial charge in [0.25, 0.3) is 0 Å². The van der Waals surface area contributed by atoms with Gasteiger partial charge in [0.2, 0.25) is 11.8 Å². The van der Waals surface area contributed by atoms with Crippen LogP contribution < -0.4 is 0 Å². The van der Waals surface area contributed by atoms with Crippen LogP contribution in [0, 0.1) is 19.8 Å². The molecule has 1 saturated carbocycles. The van der Waals surface area contributed by atoms with Crippen molar-refractivity contribution in [3.05, 3.63) is 28.7 Å². The molecule has 4 heterocycles. The molecule has 5 rings (SSSR count). The van der Waals surface area contributed by atoms with E-state index in [-0.39, 0.29) is 11.3 Å². The van der Waals surface area contributed by atoms with E-state index >= 15 is 0 Å². The largest absolute Gasteiger partial charge is 0.381 e. The van der Waals surface area contributed by atoms with E-state index in [9.17, 15) is 4.79 Å². The zero-order chi connectivity index (χ0) is 22.1. The van der Waals surface area contributed by atoms with Gasteiger partial charge in [-0.2, -0.15) is 4.98 Å².